The van der Waals surface area contributed by atoms with Gasteiger partial charge in [-0.15, -0.1) is 10.2 Å². The van der Waals surface area contributed by atoms with Crippen LogP contribution in [0, 0.1) is 0 Å². The Morgan fingerprint density at radius 3 is 2.67 bits per heavy atom. The molecular formula is C20H21N7. The molecule has 2 heterocycles. The summed E-state index contributed by atoms with van der Waals surface area (Å²) in [5.41, 5.74) is 9.79. The maximum atomic E-state index is 5.83. The second-order valence-electron chi connectivity index (χ2n) is 6.21. The molecule has 2 aromatic carbocycles. The van der Waals surface area contributed by atoms with Gasteiger partial charge in [0.1, 0.15) is 5.69 Å². The predicted octanol–water partition coefficient (Wildman–Crippen LogP) is 2.84. The Kier molecular flexibility index (Phi) is 4.76. The van der Waals surface area contributed by atoms with Crippen LogP contribution in [0.3, 0.4) is 0 Å². The number of hydrogen-bond acceptors (Lipinski definition) is 6. The molecule has 2 aromatic heterocycles. The van der Waals surface area contributed by atoms with Crippen LogP contribution in [0.25, 0.3) is 16.9 Å². The first-order chi connectivity index (χ1) is 13.3. The SMILES string of the molecule is CCc1nnc(-n2ncc3c(CN)cccc32)nc1NCc1ccccc1. The van der Waals surface area contributed by atoms with E-state index in [9.17, 15) is 0 Å². The molecule has 0 aliphatic rings. The van der Waals surface area contributed by atoms with E-state index in [2.05, 4.69) is 32.7 Å². The molecule has 4 rings (SSSR count). The van der Waals surface area contributed by atoms with Crippen molar-refractivity contribution in [3.63, 3.8) is 0 Å². The van der Waals surface area contributed by atoms with Gasteiger partial charge in [0.15, 0.2) is 5.82 Å². The van der Waals surface area contributed by atoms with E-state index in [0.29, 0.717) is 19.0 Å². The summed E-state index contributed by atoms with van der Waals surface area (Å²) in [5, 5.41) is 17.5. The average molecular weight is 359 g/mol. The van der Waals surface area contributed by atoms with Gasteiger partial charge in [0.25, 0.3) is 5.95 Å². The Hall–Kier alpha value is -3.32. The third kappa shape index (κ3) is 3.37. The van der Waals surface area contributed by atoms with E-state index >= 15 is 0 Å². The van der Waals surface area contributed by atoms with E-state index in [4.69, 9.17) is 10.7 Å². The molecule has 0 fully saturated rings. The fourth-order valence-corrected chi connectivity index (χ4v) is 3.04. The molecule has 0 bridgehead atoms. The van der Waals surface area contributed by atoms with Crippen LogP contribution in [-0.2, 0) is 19.5 Å². The smallest absolute Gasteiger partial charge is 0.272 e. The van der Waals surface area contributed by atoms with Gasteiger partial charge in [-0.2, -0.15) is 14.8 Å². The number of anilines is 1. The lowest BCUT2D eigenvalue weighted by Crippen LogP contribution is -2.12. The topological polar surface area (TPSA) is 94.5 Å². The largest absolute Gasteiger partial charge is 0.364 e. The minimum atomic E-state index is 0.437. The van der Waals surface area contributed by atoms with Gasteiger partial charge >= 0.3 is 0 Å². The van der Waals surface area contributed by atoms with Crippen LogP contribution in [0.2, 0.25) is 0 Å². The zero-order chi connectivity index (χ0) is 18.6. The Labute approximate surface area is 157 Å². The van der Waals surface area contributed by atoms with Gasteiger partial charge in [0.2, 0.25) is 0 Å². The van der Waals surface area contributed by atoms with Crippen molar-refractivity contribution in [2.24, 2.45) is 5.73 Å². The molecule has 0 saturated carbocycles. The van der Waals surface area contributed by atoms with Gasteiger partial charge in [0, 0.05) is 18.5 Å². The Balaban J connectivity index is 1.70. The molecule has 0 amide bonds. The minimum Gasteiger partial charge on any atom is -0.364 e. The van der Waals surface area contributed by atoms with E-state index in [0.717, 1.165) is 34.4 Å². The van der Waals surface area contributed by atoms with Crippen molar-refractivity contribution in [2.75, 3.05) is 5.32 Å². The lowest BCUT2D eigenvalue weighted by molar-refractivity contribution is 0.769. The first-order valence-electron chi connectivity index (χ1n) is 8.97. The van der Waals surface area contributed by atoms with Crippen molar-refractivity contribution in [1.29, 1.82) is 0 Å². The molecule has 0 saturated heterocycles. The minimum absolute atomic E-state index is 0.437. The molecule has 27 heavy (non-hydrogen) atoms. The number of nitrogens with zero attached hydrogens (tertiary/aromatic N) is 5. The monoisotopic (exact) mass is 359 g/mol. The molecule has 7 nitrogen and oxygen atoms in total. The number of benzene rings is 2. The number of nitrogens with one attached hydrogen (secondary N) is 1. The molecule has 136 valence electrons. The van der Waals surface area contributed by atoms with E-state index < -0.39 is 0 Å². The maximum absolute atomic E-state index is 5.83. The summed E-state index contributed by atoms with van der Waals surface area (Å²) in [5.74, 6) is 1.16. The normalized spacial score (nSPS) is 11.0. The summed E-state index contributed by atoms with van der Waals surface area (Å²) in [6, 6.07) is 16.1. The first kappa shape index (κ1) is 17.1. The first-order valence-corrected chi connectivity index (χ1v) is 8.97. The quantitative estimate of drug-likeness (QED) is 0.550. The molecule has 0 unspecified atom stereocenters. The highest BCUT2D eigenvalue weighted by Gasteiger charge is 2.13. The van der Waals surface area contributed by atoms with Crippen LogP contribution in [0.1, 0.15) is 23.7 Å². The van der Waals surface area contributed by atoms with Crippen molar-refractivity contribution in [3.8, 4) is 5.95 Å². The van der Waals surface area contributed by atoms with Gasteiger partial charge < -0.3 is 11.1 Å². The highest BCUT2D eigenvalue weighted by molar-refractivity contribution is 5.83. The van der Waals surface area contributed by atoms with Crippen LogP contribution in [0.4, 0.5) is 5.82 Å². The average Bonchev–Trinajstić information content (AvgIpc) is 3.17. The van der Waals surface area contributed by atoms with Crippen LogP contribution < -0.4 is 11.1 Å². The van der Waals surface area contributed by atoms with Gasteiger partial charge in [-0.3, -0.25) is 0 Å². The van der Waals surface area contributed by atoms with Crippen LogP contribution >= 0.6 is 0 Å². The molecule has 3 N–H and O–H groups in total. The maximum Gasteiger partial charge on any atom is 0.272 e. The third-order valence-electron chi connectivity index (χ3n) is 4.50. The van der Waals surface area contributed by atoms with Crippen LogP contribution in [0.5, 0.6) is 0 Å². The molecular weight excluding hydrogens is 338 g/mol. The second-order valence-corrected chi connectivity index (χ2v) is 6.21. The number of aromatic nitrogens is 5. The molecule has 4 aromatic rings. The summed E-state index contributed by atoms with van der Waals surface area (Å²) in [7, 11) is 0. The molecule has 0 aliphatic carbocycles. The standard InChI is InChI=1S/C20H21N7/c1-2-17-19(22-12-14-7-4-3-5-8-14)24-20(26-25-17)27-18-10-6-9-15(11-21)16(18)13-23-27/h3-10,13H,2,11-12,21H2,1H3,(H,22,24,26). The molecule has 0 radical (unpaired) electrons. The zero-order valence-electron chi connectivity index (χ0n) is 15.1. The highest BCUT2D eigenvalue weighted by Crippen LogP contribution is 2.21. The summed E-state index contributed by atoms with van der Waals surface area (Å²) in [6.07, 6.45) is 2.54. The van der Waals surface area contributed by atoms with Gasteiger partial charge in [-0.25, -0.2) is 0 Å². The fourth-order valence-electron chi connectivity index (χ4n) is 3.04. The fraction of sp³-hybridized carbons (Fsp3) is 0.200. The van der Waals surface area contributed by atoms with E-state index in [1.165, 1.54) is 5.56 Å². The number of nitrogens with two attached hydrogens (primary N) is 1. The van der Waals surface area contributed by atoms with Gasteiger partial charge in [-0.05, 0) is 23.6 Å². The van der Waals surface area contributed by atoms with Crippen molar-refractivity contribution < 1.29 is 0 Å². The lowest BCUT2D eigenvalue weighted by atomic mass is 10.1. The van der Waals surface area contributed by atoms with Crippen molar-refractivity contribution in [3.05, 3.63) is 71.5 Å². The Morgan fingerprint density at radius 2 is 1.89 bits per heavy atom. The number of fused-ring (bicyclic) bond motifs is 1. The summed E-state index contributed by atoms with van der Waals surface area (Å²) in [4.78, 5) is 4.69. The Morgan fingerprint density at radius 1 is 1.04 bits per heavy atom. The molecule has 0 aliphatic heterocycles. The van der Waals surface area contributed by atoms with E-state index in [1.54, 1.807) is 10.9 Å². The second kappa shape index (κ2) is 7.51. The lowest BCUT2D eigenvalue weighted by Gasteiger charge is -2.10. The molecule has 0 atom stereocenters. The van der Waals surface area contributed by atoms with Crippen molar-refractivity contribution in [2.45, 2.75) is 26.4 Å². The molecule has 0 spiro atoms. The number of hydrogen-bond donors (Lipinski definition) is 2. The number of aryl methyl sites for hydroxylation is 1. The van der Waals surface area contributed by atoms with Crippen LogP contribution in [0.15, 0.2) is 54.7 Å². The van der Waals surface area contributed by atoms with Crippen molar-refractivity contribution in [1.82, 2.24) is 25.0 Å². The summed E-state index contributed by atoms with van der Waals surface area (Å²) in [6.45, 7) is 3.17. The number of rotatable bonds is 6. The Bertz CT molecular complexity index is 1060. The molecule has 7 heteroatoms. The van der Waals surface area contributed by atoms with E-state index in [-0.39, 0.29) is 0 Å². The zero-order valence-corrected chi connectivity index (χ0v) is 15.1. The van der Waals surface area contributed by atoms with Crippen LogP contribution in [-0.4, -0.2) is 25.0 Å². The third-order valence-corrected chi connectivity index (χ3v) is 4.50. The summed E-state index contributed by atoms with van der Waals surface area (Å²) >= 11 is 0. The van der Waals surface area contributed by atoms with Gasteiger partial charge in [0.05, 0.1) is 11.7 Å². The summed E-state index contributed by atoms with van der Waals surface area (Å²) < 4.78 is 1.70. The van der Waals surface area contributed by atoms with Crippen molar-refractivity contribution >= 4 is 16.7 Å². The van der Waals surface area contributed by atoms with E-state index in [1.807, 2.05) is 43.3 Å². The highest BCUT2D eigenvalue weighted by atomic mass is 15.4. The van der Waals surface area contributed by atoms with Gasteiger partial charge in [-0.1, -0.05) is 49.4 Å². The predicted molar refractivity (Wildman–Crippen MR) is 105 cm³/mol.